The van der Waals surface area contributed by atoms with Gasteiger partial charge in [-0.25, -0.2) is 9.18 Å². The van der Waals surface area contributed by atoms with Crippen LogP contribution >= 0.6 is 11.6 Å². The van der Waals surface area contributed by atoms with E-state index in [0.29, 0.717) is 16.1 Å². The van der Waals surface area contributed by atoms with E-state index in [1.54, 1.807) is 45.0 Å². The van der Waals surface area contributed by atoms with Crippen molar-refractivity contribution in [3.63, 3.8) is 0 Å². The highest BCUT2D eigenvalue weighted by Crippen LogP contribution is 2.28. The molecule has 0 radical (unpaired) electrons. The Morgan fingerprint density at radius 3 is 2.34 bits per heavy atom. The topological polar surface area (TPSA) is 99.4 Å². The number of carboxylic acids is 1. The maximum Gasteiger partial charge on any atom is 0.407 e. The zero-order valence-electron chi connectivity index (χ0n) is 18.4. The Hall–Kier alpha value is -3.11. The number of nitrogens with one attached hydrogen (secondary N) is 1. The van der Waals surface area contributed by atoms with Crippen molar-refractivity contribution in [2.24, 2.45) is 5.41 Å². The highest BCUT2D eigenvalue weighted by Gasteiger charge is 2.37. The maximum atomic E-state index is 14.1. The molecule has 0 saturated heterocycles. The summed E-state index contributed by atoms with van der Waals surface area (Å²) in [7, 11) is 0. The van der Waals surface area contributed by atoms with Gasteiger partial charge in [0.1, 0.15) is 11.4 Å². The predicted octanol–water partition coefficient (Wildman–Crippen LogP) is 5.59. The largest absolute Gasteiger partial charge is 0.480 e. The first-order valence-electron chi connectivity index (χ1n) is 10.0. The van der Waals surface area contributed by atoms with Crippen LogP contribution < -0.4 is 5.32 Å². The van der Waals surface area contributed by atoms with Crippen LogP contribution in [0, 0.1) is 22.6 Å². The third-order valence-electron chi connectivity index (χ3n) is 4.77. The molecule has 0 saturated carbocycles. The van der Waals surface area contributed by atoms with Gasteiger partial charge >= 0.3 is 12.1 Å². The molecule has 170 valence electrons. The van der Waals surface area contributed by atoms with Crippen LogP contribution in [0.4, 0.5) is 9.18 Å². The van der Waals surface area contributed by atoms with E-state index in [1.807, 2.05) is 6.07 Å². The lowest BCUT2D eigenvalue weighted by Crippen LogP contribution is -2.44. The molecule has 2 aromatic carbocycles. The van der Waals surface area contributed by atoms with Crippen LogP contribution in [0.15, 0.2) is 42.5 Å². The molecule has 0 heterocycles. The van der Waals surface area contributed by atoms with Crippen LogP contribution in [-0.2, 0) is 16.0 Å². The lowest BCUT2D eigenvalue weighted by Gasteiger charge is -2.27. The van der Waals surface area contributed by atoms with Crippen LogP contribution in [0.5, 0.6) is 0 Å². The Morgan fingerprint density at radius 1 is 1.19 bits per heavy atom. The van der Waals surface area contributed by atoms with E-state index in [0.717, 1.165) is 5.56 Å². The number of hydrogen-bond acceptors (Lipinski definition) is 4. The van der Waals surface area contributed by atoms with Gasteiger partial charge in [0.15, 0.2) is 5.41 Å². The summed E-state index contributed by atoms with van der Waals surface area (Å²) in [6, 6.07) is 12.4. The van der Waals surface area contributed by atoms with Crippen molar-refractivity contribution in [3.05, 3.63) is 58.9 Å². The smallest absolute Gasteiger partial charge is 0.407 e. The minimum Gasteiger partial charge on any atom is -0.480 e. The first-order chi connectivity index (χ1) is 14.8. The molecular weight excluding hydrogens is 435 g/mol. The summed E-state index contributed by atoms with van der Waals surface area (Å²) >= 11 is 5.97. The average molecular weight is 461 g/mol. The second kappa shape index (κ2) is 10.0. The summed E-state index contributed by atoms with van der Waals surface area (Å²) in [6.07, 6.45) is -0.573. The van der Waals surface area contributed by atoms with Crippen LogP contribution in [0.3, 0.4) is 0 Å². The number of carbonyl (C=O) groups is 2. The summed E-state index contributed by atoms with van der Waals surface area (Å²) < 4.78 is 19.4. The lowest BCUT2D eigenvalue weighted by atomic mass is 9.83. The van der Waals surface area contributed by atoms with Crippen LogP contribution in [0.2, 0.25) is 5.02 Å². The minimum atomic E-state index is -1.69. The van der Waals surface area contributed by atoms with E-state index >= 15 is 0 Å². The molecule has 0 spiro atoms. The standard InChI is InChI=1S/C24H26ClFN2O4/c1-23(2,3)32-22(31)28-18(13-24(4,14-27)21(29)30)11-15-5-7-16(8-6-15)19-12-17(25)9-10-20(19)26/h5-10,12,18H,11,13H2,1-4H3,(H,28,31)(H,29,30)/t18-,24?/m1/s1. The van der Waals surface area contributed by atoms with Crippen molar-refractivity contribution in [1.29, 1.82) is 5.26 Å². The fourth-order valence-electron chi connectivity index (χ4n) is 3.15. The number of hydrogen-bond donors (Lipinski definition) is 2. The van der Waals surface area contributed by atoms with E-state index in [1.165, 1.54) is 25.1 Å². The molecule has 0 aliphatic carbocycles. The zero-order chi connectivity index (χ0) is 24.1. The van der Waals surface area contributed by atoms with Gasteiger partial charge in [0.05, 0.1) is 6.07 Å². The van der Waals surface area contributed by atoms with E-state index in [2.05, 4.69) is 5.32 Å². The number of aliphatic carboxylic acids is 1. The predicted molar refractivity (Wildman–Crippen MR) is 120 cm³/mol. The molecule has 2 aromatic rings. The summed E-state index contributed by atoms with van der Waals surface area (Å²) in [5.41, 5.74) is -0.678. The molecule has 1 amide bonds. The van der Waals surface area contributed by atoms with Gasteiger partial charge < -0.3 is 15.2 Å². The molecule has 6 nitrogen and oxygen atoms in total. The molecule has 2 atom stereocenters. The highest BCUT2D eigenvalue weighted by molar-refractivity contribution is 6.30. The van der Waals surface area contributed by atoms with Gasteiger partial charge in [0.25, 0.3) is 0 Å². The van der Waals surface area contributed by atoms with Crippen molar-refractivity contribution < 1.29 is 23.8 Å². The third-order valence-corrected chi connectivity index (χ3v) is 5.00. The number of alkyl carbamates (subject to hydrolysis) is 1. The van der Waals surface area contributed by atoms with Crippen molar-refractivity contribution in [2.75, 3.05) is 0 Å². The molecule has 0 aromatic heterocycles. The van der Waals surface area contributed by atoms with Crippen LogP contribution in [0.1, 0.15) is 39.7 Å². The second-order valence-corrected chi connectivity index (χ2v) is 9.26. The molecule has 0 aliphatic heterocycles. The summed E-state index contributed by atoms with van der Waals surface area (Å²) in [6.45, 7) is 6.45. The number of carboxylic acid groups (broad SMARTS) is 1. The molecule has 2 N–H and O–H groups in total. The first-order valence-corrected chi connectivity index (χ1v) is 10.4. The Morgan fingerprint density at radius 2 is 1.81 bits per heavy atom. The molecular formula is C24H26ClFN2O4. The van der Waals surface area contributed by atoms with Gasteiger partial charge in [-0.2, -0.15) is 5.26 Å². The zero-order valence-corrected chi connectivity index (χ0v) is 19.2. The number of halogens is 2. The first kappa shape index (κ1) is 25.2. The summed E-state index contributed by atoms with van der Waals surface area (Å²) in [5, 5.41) is 21.9. The minimum absolute atomic E-state index is 0.122. The average Bonchev–Trinajstić information content (AvgIpc) is 2.68. The number of nitrogens with zero attached hydrogens (tertiary/aromatic N) is 1. The monoisotopic (exact) mass is 460 g/mol. The third kappa shape index (κ3) is 6.96. The molecule has 32 heavy (non-hydrogen) atoms. The van der Waals surface area contributed by atoms with Gasteiger partial charge in [-0.05, 0) is 69.9 Å². The SMILES string of the molecule is CC(C)(C)OC(=O)N[C@H](Cc1ccc(-c2cc(Cl)ccc2F)cc1)CC(C)(C#N)C(=O)O. The molecule has 1 unspecified atom stereocenters. The van der Waals surface area contributed by atoms with E-state index < -0.39 is 34.9 Å². The summed E-state index contributed by atoms with van der Waals surface area (Å²) in [4.78, 5) is 23.9. The normalized spacial score (nSPS) is 14.0. The fraction of sp³-hybridized carbons (Fsp3) is 0.375. The maximum absolute atomic E-state index is 14.1. The number of ether oxygens (including phenoxy) is 1. The van der Waals surface area contributed by atoms with Gasteiger partial charge in [0.2, 0.25) is 0 Å². The van der Waals surface area contributed by atoms with E-state index in [9.17, 15) is 24.3 Å². The van der Waals surface area contributed by atoms with Gasteiger partial charge in [-0.3, -0.25) is 4.79 Å². The van der Waals surface area contributed by atoms with Gasteiger partial charge in [-0.1, -0.05) is 35.9 Å². The van der Waals surface area contributed by atoms with Crippen molar-refractivity contribution in [2.45, 2.75) is 52.2 Å². The molecule has 8 heteroatoms. The van der Waals surface area contributed by atoms with Crippen LogP contribution in [0.25, 0.3) is 11.1 Å². The molecule has 2 rings (SSSR count). The Kier molecular flexibility index (Phi) is 7.87. The van der Waals surface area contributed by atoms with Crippen molar-refractivity contribution in [3.8, 4) is 17.2 Å². The number of rotatable bonds is 7. The number of carbonyl (C=O) groups excluding carboxylic acids is 1. The van der Waals surface area contributed by atoms with Crippen LogP contribution in [-0.4, -0.2) is 28.8 Å². The quantitative estimate of drug-likeness (QED) is 0.561. The summed E-state index contributed by atoms with van der Waals surface area (Å²) in [5.74, 6) is -1.68. The molecule has 0 fully saturated rings. The second-order valence-electron chi connectivity index (χ2n) is 8.82. The Bertz CT molecular complexity index is 1030. The fourth-order valence-corrected chi connectivity index (χ4v) is 3.32. The Labute approximate surface area is 192 Å². The van der Waals surface area contributed by atoms with E-state index in [4.69, 9.17) is 16.3 Å². The molecule has 0 bridgehead atoms. The number of amides is 1. The number of benzene rings is 2. The van der Waals surface area contributed by atoms with Crippen molar-refractivity contribution in [1.82, 2.24) is 5.32 Å². The number of nitriles is 1. The lowest BCUT2D eigenvalue weighted by molar-refractivity contribution is -0.145. The Balaban J connectivity index is 2.26. The molecule has 0 aliphatic rings. The van der Waals surface area contributed by atoms with Crippen molar-refractivity contribution >= 4 is 23.7 Å². The van der Waals surface area contributed by atoms with Gasteiger partial charge in [0, 0.05) is 16.6 Å². The van der Waals surface area contributed by atoms with Gasteiger partial charge in [-0.15, -0.1) is 0 Å². The van der Waals surface area contributed by atoms with E-state index in [-0.39, 0.29) is 12.8 Å². The highest BCUT2D eigenvalue weighted by atomic mass is 35.5.